The average molecular weight is 209 g/mol. The van der Waals surface area contributed by atoms with Gasteiger partial charge in [0, 0.05) is 0 Å². The SMILES string of the molecule is COC(=O)c1ncnn1CC(F)(F)F. The van der Waals surface area contributed by atoms with E-state index in [1.807, 2.05) is 0 Å². The van der Waals surface area contributed by atoms with E-state index in [-0.39, 0.29) is 0 Å². The van der Waals surface area contributed by atoms with Crippen molar-refractivity contribution < 1.29 is 22.7 Å². The number of rotatable bonds is 2. The van der Waals surface area contributed by atoms with Crippen molar-refractivity contribution >= 4 is 5.97 Å². The molecule has 5 nitrogen and oxygen atoms in total. The van der Waals surface area contributed by atoms with Gasteiger partial charge in [-0.15, -0.1) is 0 Å². The van der Waals surface area contributed by atoms with Crippen LogP contribution in [0, 0.1) is 0 Å². The minimum absolute atomic E-state index is 0.436. The third-order valence-electron chi connectivity index (χ3n) is 1.31. The summed E-state index contributed by atoms with van der Waals surface area (Å²) in [5, 5.41) is 3.26. The Morgan fingerprint density at radius 1 is 1.64 bits per heavy atom. The molecule has 14 heavy (non-hydrogen) atoms. The molecule has 0 fully saturated rings. The number of hydrogen-bond acceptors (Lipinski definition) is 4. The fraction of sp³-hybridized carbons (Fsp3) is 0.500. The van der Waals surface area contributed by atoms with Crippen molar-refractivity contribution in [1.29, 1.82) is 0 Å². The number of methoxy groups -OCH3 is 1. The van der Waals surface area contributed by atoms with Gasteiger partial charge in [0.25, 0.3) is 0 Å². The molecule has 0 saturated carbocycles. The van der Waals surface area contributed by atoms with Crippen LogP contribution in [-0.2, 0) is 11.3 Å². The fourth-order valence-electron chi connectivity index (χ4n) is 0.799. The lowest BCUT2D eigenvalue weighted by molar-refractivity contribution is -0.142. The zero-order valence-corrected chi connectivity index (χ0v) is 7.08. The van der Waals surface area contributed by atoms with Gasteiger partial charge in [-0.05, 0) is 0 Å². The van der Waals surface area contributed by atoms with Crippen LogP contribution in [0.1, 0.15) is 10.6 Å². The molecule has 1 rings (SSSR count). The number of hydrogen-bond donors (Lipinski definition) is 0. The Morgan fingerprint density at radius 2 is 2.29 bits per heavy atom. The van der Waals surface area contributed by atoms with Gasteiger partial charge in [0.1, 0.15) is 12.9 Å². The first-order chi connectivity index (χ1) is 6.44. The molecular formula is C6H6F3N3O2. The lowest BCUT2D eigenvalue weighted by atomic mass is 10.5. The van der Waals surface area contributed by atoms with Crippen LogP contribution in [0.5, 0.6) is 0 Å². The highest BCUT2D eigenvalue weighted by atomic mass is 19.4. The van der Waals surface area contributed by atoms with Crippen LogP contribution < -0.4 is 0 Å². The Morgan fingerprint density at radius 3 is 2.79 bits per heavy atom. The molecule has 0 aromatic carbocycles. The van der Waals surface area contributed by atoms with Gasteiger partial charge in [-0.1, -0.05) is 0 Å². The summed E-state index contributed by atoms with van der Waals surface area (Å²) in [6.45, 7) is -1.36. The second-order valence-corrected chi connectivity index (χ2v) is 2.35. The third kappa shape index (κ3) is 2.44. The first-order valence-corrected chi connectivity index (χ1v) is 3.47. The van der Waals surface area contributed by atoms with Crippen molar-refractivity contribution in [2.75, 3.05) is 7.11 Å². The zero-order chi connectivity index (χ0) is 10.8. The molecule has 8 heteroatoms. The molecule has 0 radical (unpaired) electrons. The number of esters is 1. The summed E-state index contributed by atoms with van der Waals surface area (Å²) in [4.78, 5) is 14.2. The minimum Gasteiger partial charge on any atom is -0.463 e. The number of carbonyl (C=O) groups is 1. The number of ether oxygens (including phenoxy) is 1. The first-order valence-electron chi connectivity index (χ1n) is 3.47. The van der Waals surface area contributed by atoms with Gasteiger partial charge in [-0.2, -0.15) is 18.3 Å². The maximum atomic E-state index is 11.9. The Bertz CT molecular complexity index is 333. The molecule has 1 aromatic rings. The predicted octanol–water partition coefficient (Wildman–Crippen LogP) is 0.627. The van der Waals surface area contributed by atoms with Crippen LogP contribution in [-0.4, -0.2) is 34.0 Å². The second-order valence-electron chi connectivity index (χ2n) is 2.35. The number of alkyl halides is 3. The van der Waals surface area contributed by atoms with Gasteiger partial charge in [-0.25, -0.2) is 14.5 Å². The highest BCUT2D eigenvalue weighted by Crippen LogP contribution is 2.17. The van der Waals surface area contributed by atoms with Crippen LogP contribution >= 0.6 is 0 Å². The van der Waals surface area contributed by atoms with E-state index < -0.39 is 24.5 Å². The Labute approximate surface area is 76.5 Å². The van der Waals surface area contributed by atoms with Crippen LogP contribution in [0.25, 0.3) is 0 Å². The monoisotopic (exact) mass is 209 g/mol. The number of aromatic nitrogens is 3. The molecule has 0 saturated heterocycles. The summed E-state index contributed by atoms with van der Waals surface area (Å²) < 4.78 is 40.4. The van der Waals surface area contributed by atoms with Crippen LogP contribution in [0.3, 0.4) is 0 Å². The van der Waals surface area contributed by atoms with E-state index >= 15 is 0 Å². The van der Waals surface area contributed by atoms with Crippen molar-refractivity contribution in [1.82, 2.24) is 14.8 Å². The van der Waals surface area contributed by atoms with E-state index in [1.165, 1.54) is 0 Å². The van der Waals surface area contributed by atoms with Crippen molar-refractivity contribution in [3.8, 4) is 0 Å². The number of halogens is 3. The summed E-state index contributed by atoms with van der Waals surface area (Å²) in [5.41, 5.74) is 0. The molecule has 0 atom stereocenters. The van der Waals surface area contributed by atoms with Crippen molar-refractivity contribution in [3.63, 3.8) is 0 Å². The smallest absolute Gasteiger partial charge is 0.408 e. The molecule has 1 heterocycles. The van der Waals surface area contributed by atoms with Gasteiger partial charge in [0.15, 0.2) is 0 Å². The first kappa shape index (κ1) is 10.5. The van der Waals surface area contributed by atoms with Gasteiger partial charge < -0.3 is 4.74 Å². The third-order valence-corrected chi connectivity index (χ3v) is 1.31. The predicted molar refractivity (Wildman–Crippen MR) is 37.4 cm³/mol. The molecule has 0 aliphatic carbocycles. The molecule has 0 aliphatic rings. The summed E-state index contributed by atoms with van der Waals surface area (Å²) in [7, 11) is 1.05. The highest BCUT2D eigenvalue weighted by molar-refractivity contribution is 5.85. The number of nitrogens with zero attached hydrogens (tertiary/aromatic N) is 3. The molecule has 0 aliphatic heterocycles. The normalized spacial score (nSPS) is 11.4. The van der Waals surface area contributed by atoms with E-state index in [1.54, 1.807) is 0 Å². The van der Waals surface area contributed by atoms with E-state index in [9.17, 15) is 18.0 Å². The average Bonchev–Trinajstić information content (AvgIpc) is 2.48. The van der Waals surface area contributed by atoms with Crippen molar-refractivity contribution in [3.05, 3.63) is 12.2 Å². The van der Waals surface area contributed by atoms with E-state index in [0.717, 1.165) is 13.4 Å². The molecule has 0 bridgehead atoms. The minimum atomic E-state index is -4.45. The van der Waals surface area contributed by atoms with Crippen LogP contribution in [0.2, 0.25) is 0 Å². The molecule has 1 aromatic heterocycles. The Kier molecular flexibility index (Phi) is 2.73. The molecular weight excluding hydrogens is 203 g/mol. The lowest BCUT2D eigenvalue weighted by Crippen LogP contribution is -2.22. The molecule has 0 amide bonds. The van der Waals surface area contributed by atoms with Crippen LogP contribution in [0.15, 0.2) is 6.33 Å². The maximum absolute atomic E-state index is 11.9. The topological polar surface area (TPSA) is 57.0 Å². The van der Waals surface area contributed by atoms with Crippen LogP contribution in [0.4, 0.5) is 13.2 Å². The lowest BCUT2D eigenvalue weighted by Gasteiger charge is -2.07. The van der Waals surface area contributed by atoms with Crippen molar-refractivity contribution in [2.24, 2.45) is 0 Å². The zero-order valence-electron chi connectivity index (χ0n) is 7.08. The van der Waals surface area contributed by atoms with Gasteiger partial charge >= 0.3 is 12.1 Å². The van der Waals surface area contributed by atoms with Gasteiger partial charge in [-0.3, -0.25) is 0 Å². The van der Waals surface area contributed by atoms with E-state index in [0.29, 0.717) is 4.68 Å². The quantitative estimate of drug-likeness (QED) is 0.670. The van der Waals surface area contributed by atoms with E-state index in [2.05, 4.69) is 14.8 Å². The largest absolute Gasteiger partial charge is 0.463 e. The van der Waals surface area contributed by atoms with Gasteiger partial charge in [0.2, 0.25) is 5.82 Å². The van der Waals surface area contributed by atoms with E-state index in [4.69, 9.17) is 0 Å². The summed E-state index contributed by atoms with van der Waals surface area (Å²) in [6, 6.07) is 0. The number of carbonyl (C=O) groups excluding carboxylic acids is 1. The molecule has 0 N–H and O–H groups in total. The molecule has 78 valence electrons. The fourth-order valence-corrected chi connectivity index (χ4v) is 0.799. The summed E-state index contributed by atoms with van der Waals surface area (Å²) >= 11 is 0. The molecule has 0 unspecified atom stereocenters. The Balaban J connectivity index is 2.88. The Hall–Kier alpha value is -1.60. The summed E-state index contributed by atoms with van der Waals surface area (Å²) in [6.07, 6.45) is -3.59. The molecule has 0 spiro atoms. The van der Waals surface area contributed by atoms with Gasteiger partial charge in [0.05, 0.1) is 7.11 Å². The standard InChI is InChI=1S/C6H6F3N3O2/c1-14-5(13)4-10-3-11-12(4)2-6(7,8)9/h3H,2H2,1H3. The second kappa shape index (κ2) is 3.64. The maximum Gasteiger partial charge on any atom is 0.408 e. The highest BCUT2D eigenvalue weighted by Gasteiger charge is 2.31. The summed E-state index contributed by atoms with van der Waals surface area (Å²) in [5.74, 6) is -1.42. The van der Waals surface area contributed by atoms with Crippen molar-refractivity contribution in [2.45, 2.75) is 12.7 Å².